The molecule has 0 spiro atoms. The summed E-state index contributed by atoms with van der Waals surface area (Å²) in [7, 11) is 0. The first-order valence-electron chi connectivity index (χ1n) is 17.3. The Morgan fingerprint density at radius 3 is 2.23 bits per heavy atom. The molecule has 0 bridgehead atoms. The van der Waals surface area contributed by atoms with E-state index in [4.69, 9.17) is 0 Å². The van der Waals surface area contributed by atoms with Crippen LogP contribution >= 0.6 is 0 Å². The van der Waals surface area contributed by atoms with Crippen LogP contribution < -0.4 is 5.32 Å². The smallest absolute Gasteiger partial charge is 0.223 e. The van der Waals surface area contributed by atoms with Crippen LogP contribution in [0.2, 0.25) is 0 Å². The van der Waals surface area contributed by atoms with Crippen molar-refractivity contribution in [1.82, 2.24) is 10.3 Å². The molecule has 1 aliphatic rings. The van der Waals surface area contributed by atoms with E-state index in [1.807, 2.05) is 79.9 Å². The molecule has 0 unspecified atom stereocenters. The van der Waals surface area contributed by atoms with Gasteiger partial charge in [-0.3, -0.25) is 24.0 Å². The van der Waals surface area contributed by atoms with E-state index >= 15 is 0 Å². The molecule has 1 heterocycles. The lowest BCUT2D eigenvalue weighted by molar-refractivity contribution is -0.140. The van der Waals surface area contributed by atoms with Gasteiger partial charge >= 0.3 is 0 Å². The first-order chi connectivity index (χ1) is 23.2. The van der Waals surface area contributed by atoms with Crippen LogP contribution in [0.25, 0.3) is 10.9 Å². The lowest BCUT2D eigenvalue weighted by Gasteiger charge is -2.23. The van der Waals surface area contributed by atoms with E-state index in [1.54, 1.807) is 6.92 Å². The second-order valence-corrected chi connectivity index (χ2v) is 13.4. The molecule has 3 aromatic carbocycles. The number of H-pyrrole nitrogens is 1. The quantitative estimate of drug-likeness (QED) is 0.116. The van der Waals surface area contributed by atoms with E-state index in [9.17, 15) is 24.0 Å². The summed E-state index contributed by atoms with van der Waals surface area (Å²) in [6, 6.07) is 24.5. The van der Waals surface area contributed by atoms with Gasteiger partial charge in [0.05, 0.1) is 6.04 Å². The molecule has 5 rings (SSSR count). The summed E-state index contributed by atoms with van der Waals surface area (Å²) in [6.07, 6.45) is 5.91. The Bertz CT molecular complexity index is 1730. The number of aromatic amines is 1. The summed E-state index contributed by atoms with van der Waals surface area (Å²) in [5, 5.41) is 3.91. The Morgan fingerprint density at radius 1 is 0.854 bits per heavy atom. The molecule has 4 aromatic rings. The minimum absolute atomic E-state index is 0.0487. The largest absolute Gasteiger partial charge is 0.361 e. The number of fused-ring (bicyclic) bond motifs is 2. The molecule has 48 heavy (non-hydrogen) atoms. The first kappa shape index (κ1) is 34.7. The number of hydrogen-bond acceptors (Lipinski definition) is 5. The Morgan fingerprint density at radius 2 is 1.52 bits per heavy atom. The third-order valence-corrected chi connectivity index (χ3v) is 9.75. The van der Waals surface area contributed by atoms with Crippen molar-refractivity contribution in [3.05, 3.63) is 107 Å². The average Bonchev–Trinajstić information content (AvgIpc) is 3.73. The van der Waals surface area contributed by atoms with E-state index < -0.39 is 29.4 Å². The highest BCUT2D eigenvalue weighted by Gasteiger charge is 2.33. The van der Waals surface area contributed by atoms with Gasteiger partial charge in [0.15, 0.2) is 11.6 Å². The van der Waals surface area contributed by atoms with Crippen LogP contribution in [0.1, 0.15) is 74.6 Å². The molecular formula is C41H46N2O5. The van der Waals surface area contributed by atoms with E-state index in [1.165, 1.54) is 11.1 Å². The number of aryl methyl sites for hydroxylation is 1. The lowest BCUT2D eigenvalue weighted by Crippen LogP contribution is -2.46. The van der Waals surface area contributed by atoms with Crippen molar-refractivity contribution in [1.29, 1.82) is 0 Å². The fraction of sp³-hybridized carbons (Fsp3) is 0.390. The van der Waals surface area contributed by atoms with Gasteiger partial charge in [0, 0.05) is 60.5 Å². The summed E-state index contributed by atoms with van der Waals surface area (Å²) in [5.74, 6) is -3.11. The van der Waals surface area contributed by atoms with Crippen molar-refractivity contribution in [3.8, 4) is 0 Å². The third-order valence-electron chi connectivity index (χ3n) is 9.75. The molecule has 1 aliphatic carbocycles. The van der Waals surface area contributed by atoms with Crippen LogP contribution in [0.15, 0.2) is 85.1 Å². The molecule has 7 heteroatoms. The number of unbranched alkanes of at least 4 members (excludes halogenated alkanes) is 1. The monoisotopic (exact) mass is 646 g/mol. The summed E-state index contributed by atoms with van der Waals surface area (Å²) < 4.78 is 0. The van der Waals surface area contributed by atoms with Crippen molar-refractivity contribution in [3.63, 3.8) is 0 Å². The second-order valence-electron chi connectivity index (χ2n) is 13.4. The van der Waals surface area contributed by atoms with Crippen LogP contribution in [0.4, 0.5) is 0 Å². The molecule has 0 aliphatic heterocycles. The van der Waals surface area contributed by atoms with Gasteiger partial charge in [0.25, 0.3) is 0 Å². The second kappa shape index (κ2) is 16.4. The normalized spacial score (nSPS) is 14.6. The maximum absolute atomic E-state index is 14.0. The number of ketones is 4. The van der Waals surface area contributed by atoms with Gasteiger partial charge in [-0.15, -0.1) is 0 Å². The molecular weight excluding hydrogens is 600 g/mol. The highest BCUT2D eigenvalue weighted by atomic mass is 16.2. The fourth-order valence-corrected chi connectivity index (χ4v) is 6.84. The summed E-state index contributed by atoms with van der Waals surface area (Å²) in [5.41, 5.74) is 5.13. The summed E-state index contributed by atoms with van der Waals surface area (Å²) in [6.45, 7) is 3.73. The molecule has 7 nitrogen and oxygen atoms in total. The lowest BCUT2D eigenvalue weighted by atomic mass is 9.86. The van der Waals surface area contributed by atoms with Crippen molar-refractivity contribution >= 4 is 39.9 Å². The van der Waals surface area contributed by atoms with Gasteiger partial charge in [0.2, 0.25) is 11.7 Å². The van der Waals surface area contributed by atoms with Crippen molar-refractivity contribution in [2.75, 3.05) is 0 Å². The number of Topliss-reactive ketones (excluding diaryl/α,β-unsaturated/α-hetero) is 4. The molecule has 0 saturated carbocycles. The number of hydrogen-bond donors (Lipinski definition) is 2. The van der Waals surface area contributed by atoms with Crippen molar-refractivity contribution in [2.24, 2.45) is 17.8 Å². The topological polar surface area (TPSA) is 113 Å². The number of rotatable bonds is 18. The van der Waals surface area contributed by atoms with Gasteiger partial charge in [-0.2, -0.15) is 0 Å². The maximum atomic E-state index is 14.0. The van der Waals surface area contributed by atoms with Crippen LogP contribution in [-0.4, -0.2) is 40.1 Å². The third kappa shape index (κ3) is 8.82. The zero-order chi connectivity index (χ0) is 34.0. The van der Waals surface area contributed by atoms with Gasteiger partial charge < -0.3 is 10.3 Å². The number of amides is 1. The Hall–Kier alpha value is -4.65. The zero-order valence-electron chi connectivity index (χ0n) is 28.0. The van der Waals surface area contributed by atoms with E-state index in [0.29, 0.717) is 32.1 Å². The molecule has 3 atom stereocenters. The molecule has 250 valence electrons. The molecule has 1 amide bonds. The van der Waals surface area contributed by atoms with Crippen molar-refractivity contribution < 1.29 is 24.0 Å². The van der Waals surface area contributed by atoms with Gasteiger partial charge in [0.1, 0.15) is 5.78 Å². The summed E-state index contributed by atoms with van der Waals surface area (Å²) >= 11 is 0. The Balaban J connectivity index is 1.28. The predicted octanol–water partition coefficient (Wildman–Crippen LogP) is 6.74. The molecule has 0 fully saturated rings. The number of benzene rings is 3. The van der Waals surface area contributed by atoms with Crippen LogP contribution in [0.3, 0.4) is 0 Å². The minimum atomic E-state index is -0.915. The minimum Gasteiger partial charge on any atom is -0.361 e. The number of aromatic nitrogens is 1. The highest BCUT2D eigenvalue weighted by molar-refractivity contribution is 6.38. The van der Waals surface area contributed by atoms with E-state index in [0.717, 1.165) is 28.5 Å². The van der Waals surface area contributed by atoms with Gasteiger partial charge in [-0.1, -0.05) is 99.5 Å². The Kier molecular flexibility index (Phi) is 11.9. The number of para-hydroxylation sites is 1. The van der Waals surface area contributed by atoms with Crippen LogP contribution in [-0.2, 0) is 49.7 Å². The number of carbonyl (C=O) groups is 5. The molecule has 1 aromatic heterocycles. The average molecular weight is 647 g/mol. The van der Waals surface area contributed by atoms with Gasteiger partial charge in [-0.05, 0) is 54.0 Å². The van der Waals surface area contributed by atoms with Crippen LogP contribution in [0.5, 0.6) is 0 Å². The van der Waals surface area contributed by atoms with Gasteiger partial charge in [-0.25, -0.2) is 0 Å². The number of nitrogens with one attached hydrogen (secondary N) is 2. The maximum Gasteiger partial charge on any atom is 0.223 e. The Labute approximate surface area is 282 Å². The standard InChI is InChI=1S/C41H46N2O5/c1-3-4-14-31(40(47)37(44)20-19-28-12-6-5-7-13-28)25-39(46)36(24-33-26-42-35-18-11-10-17-34(33)35)43-41(48)27(2)21-38(45)32-22-29-15-8-9-16-30(29)23-32/h5-13,15-18,26-27,31-32,36,42H,3-4,14,19-25H2,1-2H3,(H,43,48)/t27-,31-,36+/m1/s1. The highest BCUT2D eigenvalue weighted by Crippen LogP contribution is 2.29. The number of carbonyl (C=O) groups excluding carboxylic acids is 5. The summed E-state index contributed by atoms with van der Waals surface area (Å²) in [4.78, 5) is 70.6. The van der Waals surface area contributed by atoms with E-state index in [2.05, 4.69) is 22.4 Å². The SMILES string of the molecule is CCCC[C@H](CC(=O)[C@H](Cc1c[nH]c2ccccc12)NC(=O)[C@H](C)CC(=O)C1Cc2ccccc2C1)C(=O)C(=O)CCc1ccccc1. The van der Waals surface area contributed by atoms with E-state index in [-0.39, 0.29) is 49.1 Å². The molecule has 2 N–H and O–H groups in total. The first-order valence-corrected chi connectivity index (χ1v) is 17.3. The van der Waals surface area contributed by atoms with Crippen LogP contribution in [0, 0.1) is 17.8 Å². The molecule has 0 radical (unpaired) electrons. The predicted molar refractivity (Wildman–Crippen MR) is 187 cm³/mol. The fourth-order valence-electron chi connectivity index (χ4n) is 6.84. The van der Waals surface area contributed by atoms with Crippen molar-refractivity contribution in [2.45, 2.75) is 84.1 Å². The zero-order valence-corrected chi connectivity index (χ0v) is 28.0. The molecule has 0 saturated heterocycles.